The quantitative estimate of drug-likeness (QED) is 0.621. The highest BCUT2D eigenvalue weighted by Gasteiger charge is 2.26. The lowest BCUT2D eigenvalue weighted by Crippen LogP contribution is -2.48. The Kier molecular flexibility index (Phi) is 8.51. The first-order valence-electron chi connectivity index (χ1n) is 10.4. The van der Waals surface area contributed by atoms with Gasteiger partial charge in [-0.25, -0.2) is 4.79 Å². The SMILES string of the molecule is CN(CCOCCN1CCN([C@H](c2ccccc2)c2ccc(Cl)cc2)CC1)C(N)=O. The minimum atomic E-state index is -0.427. The van der Waals surface area contributed by atoms with Crippen molar-refractivity contribution in [3.8, 4) is 0 Å². The number of halogens is 1. The van der Waals surface area contributed by atoms with Gasteiger partial charge in [0.2, 0.25) is 0 Å². The molecule has 1 fully saturated rings. The fourth-order valence-electron chi connectivity index (χ4n) is 3.75. The van der Waals surface area contributed by atoms with E-state index in [-0.39, 0.29) is 6.04 Å². The minimum absolute atomic E-state index is 0.228. The van der Waals surface area contributed by atoms with Gasteiger partial charge in [0.15, 0.2) is 0 Å². The second-order valence-corrected chi connectivity index (χ2v) is 8.05. The zero-order valence-corrected chi connectivity index (χ0v) is 18.3. The number of carbonyl (C=O) groups excluding carboxylic acids is 1. The lowest BCUT2D eigenvalue weighted by molar-refractivity contribution is 0.0626. The van der Waals surface area contributed by atoms with E-state index >= 15 is 0 Å². The van der Waals surface area contributed by atoms with Gasteiger partial charge in [-0.05, 0) is 23.3 Å². The third-order valence-corrected chi connectivity index (χ3v) is 5.82. The molecule has 6 nitrogen and oxygen atoms in total. The van der Waals surface area contributed by atoms with Gasteiger partial charge in [-0.1, -0.05) is 54.1 Å². The maximum atomic E-state index is 11.0. The predicted molar refractivity (Wildman–Crippen MR) is 121 cm³/mol. The number of hydrogen-bond donors (Lipinski definition) is 1. The monoisotopic (exact) mass is 430 g/mol. The topological polar surface area (TPSA) is 62.0 Å². The molecule has 162 valence electrons. The highest BCUT2D eigenvalue weighted by molar-refractivity contribution is 6.30. The van der Waals surface area contributed by atoms with Crippen LogP contribution in [0.15, 0.2) is 54.6 Å². The van der Waals surface area contributed by atoms with Gasteiger partial charge in [0.25, 0.3) is 0 Å². The Morgan fingerprint density at radius 2 is 1.67 bits per heavy atom. The van der Waals surface area contributed by atoms with Crippen LogP contribution in [0.1, 0.15) is 17.2 Å². The molecule has 2 amide bonds. The van der Waals surface area contributed by atoms with Crippen molar-refractivity contribution >= 4 is 17.6 Å². The second kappa shape index (κ2) is 11.3. The molecule has 30 heavy (non-hydrogen) atoms. The molecule has 0 aromatic heterocycles. The van der Waals surface area contributed by atoms with Crippen molar-refractivity contribution in [2.75, 3.05) is 59.5 Å². The van der Waals surface area contributed by atoms with Crippen molar-refractivity contribution < 1.29 is 9.53 Å². The summed E-state index contributed by atoms with van der Waals surface area (Å²) < 4.78 is 5.66. The number of benzene rings is 2. The van der Waals surface area contributed by atoms with Crippen LogP contribution in [0.3, 0.4) is 0 Å². The van der Waals surface area contributed by atoms with E-state index in [0.29, 0.717) is 19.8 Å². The number of piperazine rings is 1. The van der Waals surface area contributed by atoms with Crippen molar-refractivity contribution in [1.82, 2.24) is 14.7 Å². The maximum Gasteiger partial charge on any atom is 0.314 e. The lowest BCUT2D eigenvalue weighted by atomic mass is 9.96. The summed E-state index contributed by atoms with van der Waals surface area (Å²) in [6.07, 6.45) is 0. The molecule has 1 aliphatic rings. The molecule has 2 aromatic rings. The van der Waals surface area contributed by atoms with E-state index in [1.54, 1.807) is 7.05 Å². The molecule has 1 atom stereocenters. The number of nitrogens with zero attached hydrogens (tertiary/aromatic N) is 3. The van der Waals surface area contributed by atoms with E-state index in [2.05, 4.69) is 52.3 Å². The highest BCUT2D eigenvalue weighted by atomic mass is 35.5. The molecule has 0 radical (unpaired) electrons. The van der Waals surface area contributed by atoms with E-state index < -0.39 is 6.03 Å². The zero-order chi connectivity index (χ0) is 21.3. The number of carbonyl (C=O) groups is 1. The number of rotatable bonds is 9. The van der Waals surface area contributed by atoms with Gasteiger partial charge < -0.3 is 15.4 Å². The van der Waals surface area contributed by atoms with E-state index in [4.69, 9.17) is 22.1 Å². The van der Waals surface area contributed by atoms with Crippen LogP contribution < -0.4 is 5.73 Å². The first-order valence-corrected chi connectivity index (χ1v) is 10.8. The number of hydrogen-bond acceptors (Lipinski definition) is 4. The summed E-state index contributed by atoms with van der Waals surface area (Å²) >= 11 is 6.11. The van der Waals surface area contributed by atoms with Crippen LogP contribution in [0.2, 0.25) is 5.02 Å². The van der Waals surface area contributed by atoms with Gasteiger partial charge in [-0.2, -0.15) is 0 Å². The largest absolute Gasteiger partial charge is 0.378 e. The Morgan fingerprint density at radius 1 is 1.03 bits per heavy atom. The van der Waals surface area contributed by atoms with Gasteiger partial charge >= 0.3 is 6.03 Å². The molecule has 1 heterocycles. The third-order valence-electron chi connectivity index (χ3n) is 5.57. The molecule has 3 rings (SSSR count). The Bertz CT molecular complexity index is 780. The summed E-state index contributed by atoms with van der Waals surface area (Å²) in [5, 5.41) is 0.761. The average molecular weight is 431 g/mol. The number of likely N-dealkylation sites (N-methyl/N-ethyl adjacent to an activating group) is 1. The summed E-state index contributed by atoms with van der Waals surface area (Å²) in [5.41, 5.74) is 7.77. The minimum Gasteiger partial charge on any atom is -0.378 e. The number of nitrogens with two attached hydrogens (primary N) is 1. The number of urea groups is 1. The normalized spacial score (nSPS) is 16.3. The van der Waals surface area contributed by atoms with Crippen molar-refractivity contribution in [1.29, 1.82) is 0 Å². The summed E-state index contributed by atoms with van der Waals surface area (Å²) in [5.74, 6) is 0. The van der Waals surface area contributed by atoms with Crippen LogP contribution in [0, 0.1) is 0 Å². The third kappa shape index (κ3) is 6.44. The fraction of sp³-hybridized carbons (Fsp3) is 0.435. The highest BCUT2D eigenvalue weighted by Crippen LogP contribution is 2.30. The molecule has 1 saturated heterocycles. The lowest BCUT2D eigenvalue weighted by Gasteiger charge is -2.39. The molecule has 0 saturated carbocycles. The van der Waals surface area contributed by atoms with Crippen LogP contribution in [0.25, 0.3) is 0 Å². The maximum absolute atomic E-state index is 11.0. The summed E-state index contributed by atoms with van der Waals surface area (Å²) in [7, 11) is 1.68. The van der Waals surface area contributed by atoms with Gasteiger partial charge in [0.05, 0.1) is 19.3 Å². The molecular formula is C23H31ClN4O2. The molecule has 0 bridgehead atoms. The van der Waals surface area contributed by atoms with E-state index in [0.717, 1.165) is 37.7 Å². The molecule has 0 unspecified atom stereocenters. The van der Waals surface area contributed by atoms with Crippen molar-refractivity contribution in [3.63, 3.8) is 0 Å². The smallest absolute Gasteiger partial charge is 0.314 e. The molecule has 2 N–H and O–H groups in total. The summed E-state index contributed by atoms with van der Waals surface area (Å²) in [6, 6.07) is 18.6. The number of primary amides is 1. The number of ether oxygens (including phenoxy) is 1. The van der Waals surface area contributed by atoms with Gasteiger partial charge in [-0.3, -0.25) is 9.80 Å². The predicted octanol–water partition coefficient (Wildman–Crippen LogP) is 3.07. The molecule has 1 aliphatic heterocycles. The fourth-order valence-corrected chi connectivity index (χ4v) is 3.87. The van der Waals surface area contributed by atoms with E-state index in [1.165, 1.54) is 16.0 Å². The van der Waals surface area contributed by atoms with Crippen LogP contribution in [-0.4, -0.2) is 80.3 Å². The van der Waals surface area contributed by atoms with E-state index in [1.807, 2.05) is 12.1 Å². The number of amides is 2. The Morgan fingerprint density at radius 3 is 2.30 bits per heavy atom. The first-order chi connectivity index (χ1) is 14.5. The second-order valence-electron chi connectivity index (χ2n) is 7.61. The van der Waals surface area contributed by atoms with Crippen LogP contribution in [0.4, 0.5) is 4.79 Å². The van der Waals surface area contributed by atoms with Crippen molar-refractivity contribution in [2.24, 2.45) is 5.73 Å². The van der Waals surface area contributed by atoms with E-state index in [9.17, 15) is 4.79 Å². The summed E-state index contributed by atoms with van der Waals surface area (Å²) in [4.78, 5) is 17.4. The standard InChI is InChI=1S/C23H31ClN4O2/c1-26(23(25)29)15-17-30-18-16-27-11-13-28(14-12-27)22(19-5-3-2-4-6-19)20-7-9-21(24)10-8-20/h2-10,22H,11-18H2,1H3,(H2,25,29)/t22-/m1/s1. The first kappa shape index (κ1) is 22.6. The van der Waals surface area contributed by atoms with Crippen molar-refractivity contribution in [3.05, 3.63) is 70.7 Å². The molecular weight excluding hydrogens is 400 g/mol. The molecule has 0 aliphatic carbocycles. The zero-order valence-electron chi connectivity index (χ0n) is 17.5. The van der Waals surface area contributed by atoms with Crippen LogP contribution >= 0.6 is 11.6 Å². The summed E-state index contributed by atoms with van der Waals surface area (Å²) in [6.45, 7) is 6.56. The molecule has 2 aromatic carbocycles. The van der Waals surface area contributed by atoms with Crippen LogP contribution in [-0.2, 0) is 4.74 Å². The Labute approximate surface area is 184 Å². The van der Waals surface area contributed by atoms with Crippen molar-refractivity contribution in [2.45, 2.75) is 6.04 Å². The molecule has 7 heteroatoms. The molecule has 0 spiro atoms. The average Bonchev–Trinajstić information content (AvgIpc) is 2.76. The Hall–Kier alpha value is -2.12. The van der Waals surface area contributed by atoms with Gasteiger partial charge in [0.1, 0.15) is 0 Å². The Balaban J connectivity index is 1.51. The van der Waals surface area contributed by atoms with Gasteiger partial charge in [-0.15, -0.1) is 0 Å². The van der Waals surface area contributed by atoms with Gasteiger partial charge in [0, 0.05) is 51.3 Å². The van der Waals surface area contributed by atoms with Crippen LogP contribution in [0.5, 0.6) is 0 Å².